The van der Waals surface area contributed by atoms with Crippen molar-refractivity contribution in [1.29, 1.82) is 0 Å². The standard InChI is InChI=1S/C20H19F2N5O/c21-12-1-5-15(16(22)9-12)17-11-26-10-13(2-6-18(26)25-17)24-19-20(28)27(8-7-23-19)14-3-4-14/h1,5,7-9,11,13-14H,2-4,6,10H2,(H,23,24). The molecule has 1 N–H and O–H groups in total. The Kier molecular flexibility index (Phi) is 3.99. The van der Waals surface area contributed by atoms with E-state index in [1.165, 1.54) is 12.1 Å². The number of aryl methyl sites for hydroxylation is 1. The maximum atomic E-state index is 14.1. The van der Waals surface area contributed by atoms with Crippen LogP contribution in [0.25, 0.3) is 11.3 Å². The van der Waals surface area contributed by atoms with Crippen LogP contribution in [0.3, 0.4) is 0 Å². The van der Waals surface area contributed by atoms with Crippen LogP contribution in [0.2, 0.25) is 0 Å². The monoisotopic (exact) mass is 383 g/mol. The zero-order valence-corrected chi connectivity index (χ0v) is 15.1. The van der Waals surface area contributed by atoms with Crippen molar-refractivity contribution in [2.24, 2.45) is 0 Å². The number of aromatic nitrogens is 4. The third kappa shape index (κ3) is 3.08. The molecule has 1 atom stereocenters. The van der Waals surface area contributed by atoms with Crippen LogP contribution in [0.15, 0.2) is 41.6 Å². The zero-order chi connectivity index (χ0) is 19.3. The quantitative estimate of drug-likeness (QED) is 0.752. The van der Waals surface area contributed by atoms with Crippen LogP contribution in [-0.4, -0.2) is 25.1 Å². The Labute approximate surface area is 159 Å². The molecule has 0 spiro atoms. The number of benzene rings is 1. The maximum Gasteiger partial charge on any atom is 0.293 e. The van der Waals surface area contributed by atoms with E-state index in [2.05, 4.69) is 15.3 Å². The minimum Gasteiger partial charge on any atom is -0.361 e. The molecule has 28 heavy (non-hydrogen) atoms. The van der Waals surface area contributed by atoms with Crippen molar-refractivity contribution >= 4 is 5.82 Å². The van der Waals surface area contributed by atoms with E-state index in [1.807, 2.05) is 4.57 Å². The van der Waals surface area contributed by atoms with Gasteiger partial charge in [0.05, 0.1) is 5.69 Å². The van der Waals surface area contributed by atoms with Gasteiger partial charge in [0.2, 0.25) is 0 Å². The molecule has 3 heterocycles. The minimum atomic E-state index is -0.626. The first kappa shape index (κ1) is 17.1. The van der Waals surface area contributed by atoms with Gasteiger partial charge >= 0.3 is 0 Å². The number of fused-ring (bicyclic) bond motifs is 1. The zero-order valence-electron chi connectivity index (χ0n) is 15.1. The molecule has 2 aromatic heterocycles. The minimum absolute atomic E-state index is 0.0304. The van der Waals surface area contributed by atoms with E-state index in [9.17, 15) is 13.6 Å². The normalized spacial score (nSPS) is 18.7. The molecule has 6 nitrogen and oxygen atoms in total. The summed E-state index contributed by atoms with van der Waals surface area (Å²) in [5.74, 6) is -0.0121. The van der Waals surface area contributed by atoms with Gasteiger partial charge in [-0.3, -0.25) is 4.79 Å². The summed E-state index contributed by atoms with van der Waals surface area (Å²) < 4.78 is 30.9. The van der Waals surface area contributed by atoms with E-state index in [0.717, 1.165) is 31.2 Å². The SMILES string of the molecule is O=c1c(NC2CCc3nc(-c4ccc(F)cc4F)cn3C2)nccn1C1CC1. The summed E-state index contributed by atoms with van der Waals surface area (Å²) in [6, 6.07) is 3.83. The summed E-state index contributed by atoms with van der Waals surface area (Å²) in [6.45, 7) is 0.602. The predicted octanol–water partition coefficient (Wildman–Crippen LogP) is 3.15. The number of nitrogens with one attached hydrogen (secondary N) is 1. The molecule has 2 aliphatic rings. The molecule has 1 saturated carbocycles. The van der Waals surface area contributed by atoms with Crippen LogP contribution in [0.1, 0.15) is 31.1 Å². The lowest BCUT2D eigenvalue weighted by atomic mass is 10.1. The van der Waals surface area contributed by atoms with Gasteiger partial charge in [-0.2, -0.15) is 0 Å². The van der Waals surface area contributed by atoms with E-state index in [4.69, 9.17) is 0 Å². The number of hydrogen-bond acceptors (Lipinski definition) is 4. The summed E-state index contributed by atoms with van der Waals surface area (Å²) in [4.78, 5) is 21.3. The Morgan fingerprint density at radius 3 is 2.82 bits per heavy atom. The van der Waals surface area contributed by atoms with Gasteiger partial charge in [-0.15, -0.1) is 0 Å². The molecular weight excluding hydrogens is 364 g/mol. The number of halogens is 2. The number of imidazole rings is 1. The number of hydrogen-bond donors (Lipinski definition) is 1. The van der Waals surface area contributed by atoms with Crippen molar-refractivity contribution in [3.8, 4) is 11.3 Å². The second-order valence-corrected chi connectivity index (χ2v) is 7.42. The molecule has 5 rings (SSSR count). The van der Waals surface area contributed by atoms with Crippen molar-refractivity contribution in [2.75, 3.05) is 5.32 Å². The first-order chi connectivity index (χ1) is 13.6. The van der Waals surface area contributed by atoms with Crippen LogP contribution in [0, 0.1) is 11.6 Å². The molecule has 8 heteroatoms. The van der Waals surface area contributed by atoms with Crippen molar-refractivity contribution in [2.45, 2.75) is 44.3 Å². The molecule has 1 unspecified atom stereocenters. The van der Waals surface area contributed by atoms with Crippen molar-refractivity contribution in [3.05, 3.63) is 64.6 Å². The fraction of sp³-hybridized carbons (Fsp3) is 0.350. The summed E-state index contributed by atoms with van der Waals surface area (Å²) in [6.07, 6.45) is 8.74. The molecular formula is C20H19F2N5O. The average Bonchev–Trinajstić information content (AvgIpc) is 3.42. The van der Waals surface area contributed by atoms with E-state index in [0.29, 0.717) is 30.5 Å². The van der Waals surface area contributed by atoms with Gasteiger partial charge in [0.15, 0.2) is 5.82 Å². The number of anilines is 1. The molecule has 144 valence electrons. The Hall–Kier alpha value is -3.03. The number of nitrogens with zero attached hydrogens (tertiary/aromatic N) is 4. The van der Waals surface area contributed by atoms with E-state index in [1.54, 1.807) is 23.2 Å². The Morgan fingerprint density at radius 2 is 2.04 bits per heavy atom. The fourth-order valence-corrected chi connectivity index (χ4v) is 3.75. The summed E-state index contributed by atoms with van der Waals surface area (Å²) in [5.41, 5.74) is 0.683. The molecule has 1 fully saturated rings. The second-order valence-electron chi connectivity index (χ2n) is 7.42. The van der Waals surface area contributed by atoms with Gasteiger partial charge in [0.1, 0.15) is 17.5 Å². The molecule has 0 amide bonds. The molecule has 1 aliphatic carbocycles. The van der Waals surface area contributed by atoms with Gasteiger partial charge in [0, 0.05) is 55.3 Å². The van der Waals surface area contributed by atoms with Crippen LogP contribution < -0.4 is 10.9 Å². The van der Waals surface area contributed by atoms with Crippen molar-refractivity contribution in [3.63, 3.8) is 0 Å². The molecule has 1 aliphatic heterocycles. The molecule has 0 saturated heterocycles. The topological polar surface area (TPSA) is 64.7 Å². The molecule has 0 bridgehead atoms. The lowest BCUT2D eigenvalue weighted by molar-refractivity contribution is 0.474. The highest BCUT2D eigenvalue weighted by molar-refractivity contribution is 5.59. The van der Waals surface area contributed by atoms with Crippen LogP contribution in [0.5, 0.6) is 0 Å². The molecule has 3 aromatic rings. The summed E-state index contributed by atoms with van der Waals surface area (Å²) >= 11 is 0. The fourth-order valence-electron chi connectivity index (χ4n) is 3.75. The van der Waals surface area contributed by atoms with E-state index < -0.39 is 11.6 Å². The molecule has 0 radical (unpaired) electrons. The van der Waals surface area contributed by atoms with E-state index in [-0.39, 0.29) is 17.2 Å². The van der Waals surface area contributed by atoms with Gasteiger partial charge in [-0.25, -0.2) is 18.7 Å². The third-order valence-corrected chi connectivity index (χ3v) is 5.35. The lowest BCUT2D eigenvalue weighted by Gasteiger charge is -2.25. The van der Waals surface area contributed by atoms with Crippen LogP contribution >= 0.6 is 0 Å². The summed E-state index contributed by atoms with van der Waals surface area (Å²) in [5, 5.41) is 3.26. The lowest BCUT2D eigenvalue weighted by Crippen LogP contribution is -2.34. The van der Waals surface area contributed by atoms with Gasteiger partial charge < -0.3 is 14.5 Å². The third-order valence-electron chi connectivity index (χ3n) is 5.35. The van der Waals surface area contributed by atoms with Gasteiger partial charge in [-0.1, -0.05) is 0 Å². The smallest absolute Gasteiger partial charge is 0.293 e. The van der Waals surface area contributed by atoms with Gasteiger partial charge in [0.25, 0.3) is 5.56 Å². The number of rotatable bonds is 4. The maximum absolute atomic E-state index is 14.1. The van der Waals surface area contributed by atoms with Crippen LogP contribution in [0.4, 0.5) is 14.6 Å². The largest absolute Gasteiger partial charge is 0.361 e. The Bertz CT molecular complexity index is 1100. The first-order valence-corrected chi connectivity index (χ1v) is 9.43. The van der Waals surface area contributed by atoms with E-state index >= 15 is 0 Å². The highest BCUT2D eigenvalue weighted by Gasteiger charge is 2.27. The highest BCUT2D eigenvalue weighted by atomic mass is 19.1. The summed E-state index contributed by atoms with van der Waals surface area (Å²) in [7, 11) is 0. The van der Waals surface area contributed by atoms with Gasteiger partial charge in [-0.05, 0) is 31.4 Å². The molecule has 1 aromatic carbocycles. The van der Waals surface area contributed by atoms with Crippen molar-refractivity contribution in [1.82, 2.24) is 19.1 Å². The predicted molar refractivity (Wildman–Crippen MR) is 100 cm³/mol. The highest BCUT2D eigenvalue weighted by Crippen LogP contribution is 2.33. The Morgan fingerprint density at radius 1 is 1.18 bits per heavy atom. The Balaban J connectivity index is 1.37. The van der Waals surface area contributed by atoms with Crippen molar-refractivity contribution < 1.29 is 8.78 Å². The second kappa shape index (κ2) is 6.54. The first-order valence-electron chi connectivity index (χ1n) is 9.43. The average molecular weight is 383 g/mol. The van der Waals surface area contributed by atoms with Crippen LogP contribution in [-0.2, 0) is 13.0 Å².